The minimum atomic E-state index is -1.06. The van der Waals surface area contributed by atoms with Crippen LogP contribution >= 0.6 is 0 Å². The van der Waals surface area contributed by atoms with E-state index in [0.29, 0.717) is 83.1 Å². The third kappa shape index (κ3) is 16.8. The van der Waals surface area contributed by atoms with E-state index in [9.17, 15) is 32.8 Å². The Morgan fingerprint density at radius 2 is 1.00 bits per heavy atom. The molecule has 17 heteroatoms. The summed E-state index contributed by atoms with van der Waals surface area (Å²) in [6, 6.07) is 22.9. The number of halogens is 2. The van der Waals surface area contributed by atoms with Gasteiger partial charge in [0.15, 0.2) is 0 Å². The van der Waals surface area contributed by atoms with Crippen molar-refractivity contribution in [2.45, 2.75) is 143 Å². The molecule has 1 amide bonds. The maximum atomic E-state index is 13.4. The summed E-state index contributed by atoms with van der Waals surface area (Å²) < 4.78 is 49.2. The lowest BCUT2D eigenvalue weighted by Gasteiger charge is -2.22. The molecule has 0 fully saturated rings. The van der Waals surface area contributed by atoms with Crippen molar-refractivity contribution in [2.24, 2.45) is 5.73 Å². The molecule has 15 nitrogen and oxygen atoms in total. The summed E-state index contributed by atoms with van der Waals surface area (Å²) in [5.74, 6) is 12.7. The fraction of sp³-hybridized carbons (Fsp3) is 0.386. The molecule has 388 valence electrons. The maximum absolute atomic E-state index is 13.4. The molecule has 4 aromatic carbocycles. The van der Waals surface area contributed by atoms with Gasteiger partial charge < -0.3 is 30.0 Å². The van der Waals surface area contributed by atoms with Gasteiger partial charge in [0.05, 0.1) is 21.8 Å². The number of rotatable bonds is 1. The van der Waals surface area contributed by atoms with E-state index in [1.807, 2.05) is 26.8 Å². The standard InChI is InChI=1S/C26H26FN3O3.C21H18FN3O.C10H18O5/c1-26(2,3)33-25(32)28-20-10-12-23-29-22-16-18(8-7-17-5-4-6-19(27)15-17)9-11-21(22)24(31)30(23)14-13-20;22-16-3-1-2-14(12-16)4-5-15-6-8-18-19(13-15)24-20-9-7-17(23)10-11-25(20)21(18)26;1-9(2,3)14-7(11)13-8(12)15-10(4,5)6/h4-6,9,11,15-16,20H,10,12-14H2,1-3H3,(H,28,32);1-3,6,8,12-13,17H,7,9-11,23H2;1-6H3. The predicted molar refractivity (Wildman–Crippen MR) is 277 cm³/mol. The molecular weight excluding hydrogens is 951 g/mol. The number of alkyl carbamates (subject to hydrolysis) is 1. The molecule has 0 spiro atoms. The van der Waals surface area contributed by atoms with Gasteiger partial charge in [-0.3, -0.25) is 18.7 Å². The monoisotopic (exact) mass is 1010 g/mol. The van der Waals surface area contributed by atoms with Crippen molar-refractivity contribution in [1.29, 1.82) is 0 Å². The molecule has 6 aromatic rings. The molecule has 0 bridgehead atoms. The van der Waals surface area contributed by atoms with Crippen molar-refractivity contribution >= 4 is 40.2 Å². The van der Waals surface area contributed by atoms with E-state index in [1.54, 1.807) is 105 Å². The predicted octanol–water partition coefficient (Wildman–Crippen LogP) is 9.64. The van der Waals surface area contributed by atoms with Crippen molar-refractivity contribution in [2.75, 3.05) is 0 Å². The van der Waals surface area contributed by atoms with Crippen LogP contribution in [0.1, 0.15) is 122 Å². The summed E-state index contributed by atoms with van der Waals surface area (Å²) in [5, 5.41) is 4.01. The van der Waals surface area contributed by atoms with Crippen LogP contribution in [0.2, 0.25) is 0 Å². The zero-order valence-corrected chi connectivity index (χ0v) is 43.2. The van der Waals surface area contributed by atoms with Crippen molar-refractivity contribution in [1.82, 2.24) is 24.4 Å². The third-order valence-electron chi connectivity index (χ3n) is 11.0. The normalized spacial score (nSPS) is 15.2. The largest absolute Gasteiger partial charge is 0.519 e. The second kappa shape index (κ2) is 23.8. The molecule has 0 radical (unpaired) electrons. The highest BCUT2D eigenvalue weighted by molar-refractivity contribution is 5.80. The lowest BCUT2D eigenvalue weighted by molar-refractivity contribution is -0.0294. The first kappa shape index (κ1) is 55.4. The number of carbonyl (C=O) groups is 3. The van der Waals surface area contributed by atoms with Gasteiger partial charge >= 0.3 is 18.4 Å². The SMILES string of the molecule is CC(C)(C)OC(=O)NC1CCc2nc3cc(C#Cc4cccc(F)c4)ccc3c(=O)n2CC1.CC(C)(C)OC(=O)OC(=O)OC(C)(C)C.NC1CCc2nc3cc(C#Cc4cccc(F)c4)ccc3c(=O)n2CC1. The van der Waals surface area contributed by atoms with Crippen LogP contribution in [0.15, 0.2) is 94.5 Å². The summed E-state index contributed by atoms with van der Waals surface area (Å²) in [7, 11) is 0. The first-order chi connectivity index (χ1) is 34.8. The summed E-state index contributed by atoms with van der Waals surface area (Å²) >= 11 is 0. The highest BCUT2D eigenvalue weighted by Crippen LogP contribution is 2.20. The number of aromatic nitrogens is 4. The van der Waals surface area contributed by atoms with Gasteiger partial charge in [-0.1, -0.05) is 35.8 Å². The first-order valence-electron chi connectivity index (χ1n) is 24.3. The van der Waals surface area contributed by atoms with Crippen LogP contribution in [0.4, 0.5) is 23.2 Å². The van der Waals surface area contributed by atoms with Crippen LogP contribution < -0.4 is 22.2 Å². The number of benzene rings is 4. The summed E-state index contributed by atoms with van der Waals surface area (Å²) in [6.07, 6.45) is 1.59. The van der Waals surface area contributed by atoms with E-state index in [-0.39, 0.29) is 34.8 Å². The number of amides is 1. The quantitative estimate of drug-likeness (QED) is 0.0686. The number of nitrogens with zero attached hydrogens (tertiary/aromatic N) is 4. The summed E-state index contributed by atoms with van der Waals surface area (Å²) in [6.45, 7) is 16.6. The molecular formula is C57H62F2N6O9. The van der Waals surface area contributed by atoms with E-state index in [1.165, 1.54) is 24.3 Å². The fourth-order valence-electron chi connectivity index (χ4n) is 7.67. The minimum absolute atomic E-state index is 0.0243. The highest BCUT2D eigenvalue weighted by atomic mass is 19.1. The Morgan fingerprint density at radius 3 is 1.43 bits per heavy atom. The van der Waals surface area contributed by atoms with Crippen LogP contribution in [-0.2, 0) is 44.9 Å². The minimum Gasteiger partial charge on any atom is -0.444 e. The smallest absolute Gasteiger partial charge is 0.444 e. The number of fused-ring (bicyclic) bond motifs is 4. The molecule has 0 aliphatic carbocycles. The second-order valence-corrected chi connectivity index (χ2v) is 20.7. The van der Waals surface area contributed by atoms with Crippen molar-refractivity contribution < 1.29 is 42.1 Å². The summed E-state index contributed by atoms with van der Waals surface area (Å²) in [5.41, 5.74) is 7.79. The van der Waals surface area contributed by atoms with Crippen LogP contribution in [0, 0.1) is 35.3 Å². The van der Waals surface area contributed by atoms with E-state index < -0.39 is 35.2 Å². The number of hydrogen-bond donors (Lipinski definition) is 2. The van der Waals surface area contributed by atoms with Crippen LogP contribution in [-0.4, -0.2) is 66.4 Å². The highest BCUT2D eigenvalue weighted by Gasteiger charge is 2.26. The average molecular weight is 1010 g/mol. The van der Waals surface area contributed by atoms with Crippen LogP contribution in [0.3, 0.4) is 0 Å². The van der Waals surface area contributed by atoms with Crippen molar-refractivity contribution in [3.63, 3.8) is 0 Å². The van der Waals surface area contributed by atoms with E-state index >= 15 is 0 Å². The molecule has 2 aromatic heterocycles. The lowest BCUT2D eigenvalue weighted by atomic mass is 10.1. The Kier molecular flexibility index (Phi) is 17.8. The van der Waals surface area contributed by atoms with Gasteiger partial charge in [-0.2, -0.15) is 0 Å². The number of nitrogens with two attached hydrogens (primary N) is 1. The molecule has 0 saturated carbocycles. The lowest BCUT2D eigenvalue weighted by Crippen LogP contribution is -2.39. The number of hydrogen-bond acceptors (Lipinski definition) is 12. The van der Waals surface area contributed by atoms with Gasteiger partial charge in [-0.05, 0) is 161 Å². The second-order valence-electron chi connectivity index (χ2n) is 20.7. The van der Waals surface area contributed by atoms with E-state index in [2.05, 4.69) is 38.7 Å². The van der Waals surface area contributed by atoms with Crippen LogP contribution in [0.5, 0.6) is 0 Å². The van der Waals surface area contributed by atoms with Gasteiger partial charge in [-0.25, -0.2) is 33.1 Å². The Labute approximate surface area is 428 Å². The molecule has 2 aliphatic heterocycles. The summed E-state index contributed by atoms with van der Waals surface area (Å²) in [4.78, 5) is 69.4. The first-order valence-corrected chi connectivity index (χ1v) is 24.3. The Bertz CT molecular complexity index is 3280. The van der Waals surface area contributed by atoms with E-state index in [4.69, 9.17) is 24.9 Å². The van der Waals surface area contributed by atoms with Gasteiger partial charge in [0.1, 0.15) is 40.1 Å². The molecule has 2 unspecified atom stereocenters. The van der Waals surface area contributed by atoms with Gasteiger partial charge in [0.25, 0.3) is 11.1 Å². The van der Waals surface area contributed by atoms with E-state index in [0.717, 1.165) is 24.2 Å². The topological polar surface area (TPSA) is 196 Å². The molecule has 74 heavy (non-hydrogen) atoms. The fourth-order valence-corrected chi connectivity index (χ4v) is 7.67. The van der Waals surface area contributed by atoms with Crippen molar-refractivity contribution in [3.8, 4) is 23.7 Å². The molecule has 0 saturated heterocycles. The zero-order chi connectivity index (χ0) is 54.0. The van der Waals surface area contributed by atoms with Crippen LogP contribution in [0.25, 0.3) is 21.8 Å². The van der Waals surface area contributed by atoms with Crippen molar-refractivity contribution in [3.05, 3.63) is 151 Å². The Hall–Kier alpha value is -7.89. The number of ether oxygens (including phenoxy) is 4. The molecule has 2 aliphatic rings. The Balaban J connectivity index is 0.000000194. The van der Waals surface area contributed by atoms with Gasteiger partial charge in [0.2, 0.25) is 0 Å². The molecule has 2 atom stereocenters. The number of carbonyl (C=O) groups excluding carboxylic acids is 3. The zero-order valence-electron chi connectivity index (χ0n) is 43.2. The maximum Gasteiger partial charge on any atom is 0.519 e. The third-order valence-corrected chi connectivity index (χ3v) is 11.0. The molecule has 4 heterocycles. The van der Waals surface area contributed by atoms with Gasteiger partial charge in [0, 0.05) is 60.3 Å². The van der Waals surface area contributed by atoms with Gasteiger partial charge in [-0.15, -0.1) is 0 Å². The molecule has 3 N–H and O–H groups in total. The average Bonchev–Trinajstić information content (AvgIpc) is 3.61. The molecule has 8 rings (SSSR count). The number of aryl methyl sites for hydroxylation is 2. The number of nitrogens with one attached hydrogen (secondary N) is 1. The Morgan fingerprint density at radius 1 is 0.581 bits per heavy atom.